The number of ketones is 1. The molecule has 0 saturated carbocycles. The van der Waals surface area contributed by atoms with E-state index in [1.807, 2.05) is 5.32 Å². The Balaban J connectivity index is 1.80. The van der Waals surface area contributed by atoms with Crippen molar-refractivity contribution in [2.45, 2.75) is 96.2 Å². The van der Waals surface area contributed by atoms with E-state index in [1.165, 1.54) is 24.3 Å². The third kappa shape index (κ3) is 13.1. The van der Waals surface area contributed by atoms with Crippen molar-refractivity contribution in [2.24, 2.45) is 11.8 Å². The van der Waals surface area contributed by atoms with Crippen LogP contribution in [0.25, 0.3) is 0 Å². The van der Waals surface area contributed by atoms with Gasteiger partial charge in [0.15, 0.2) is 5.78 Å². The standard InChI is InChI=1S/C40H57N5O7/c1-27(2)22-32(36(47)40(5)26-52-40)42-39(50)34(24-30-14-10-7-11-15-30)44-38(49)33(23-28(3)4)43-37(48)31(17-16-29-12-8-6-9-13-29)41-35(46)25-45-18-20-51-21-19-45/h6-15,27-28,31-34H,16-26H2,1-5H3,(H,41,46)(H,42,50)(H,43,48)(H,44,49)/t31-,32+,33-,34-,40+/m0/s1/i1D3,2D3,3D3,4D3,26D2,27D,28D,32D. The Kier molecular flexibility index (Phi) is 8.62. The number of carbonyl (C=O) groups excluding carboxylic acids is 5. The van der Waals surface area contributed by atoms with Gasteiger partial charge in [0.2, 0.25) is 23.6 Å². The number of morpholine rings is 1. The summed E-state index contributed by atoms with van der Waals surface area (Å²) in [5, 5.41) is 9.07. The molecule has 2 saturated heterocycles. The number of Topliss-reactive ketones (excluding diaryl/α,β-unsaturated/α-hetero) is 1. The Morgan fingerprint density at radius 1 is 0.788 bits per heavy atom. The van der Waals surface area contributed by atoms with Gasteiger partial charge in [-0.05, 0) is 55.5 Å². The van der Waals surface area contributed by atoms with Crippen LogP contribution in [-0.2, 0) is 46.3 Å². The molecule has 12 heteroatoms. The minimum atomic E-state index is -3.77. The van der Waals surface area contributed by atoms with E-state index in [2.05, 4.69) is 16.0 Å². The van der Waals surface area contributed by atoms with E-state index in [0.29, 0.717) is 26.3 Å². The number of nitrogens with zero attached hydrogens (tertiary/aromatic N) is 1. The molecule has 0 unspecified atom stereocenters. The Hall–Kier alpha value is -4.13. The minimum absolute atomic E-state index is 0.118. The van der Waals surface area contributed by atoms with Gasteiger partial charge in [-0.15, -0.1) is 0 Å². The summed E-state index contributed by atoms with van der Waals surface area (Å²) >= 11 is 0. The maximum atomic E-state index is 14.6. The highest BCUT2D eigenvalue weighted by Gasteiger charge is 2.50. The maximum absolute atomic E-state index is 14.6. The second-order valence-electron chi connectivity index (χ2n) is 12.7. The predicted octanol–water partition coefficient (Wildman–Crippen LogP) is 2.58. The van der Waals surface area contributed by atoms with Gasteiger partial charge in [-0.2, -0.15) is 0 Å². The number of benzene rings is 2. The van der Waals surface area contributed by atoms with Crippen LogP contribution in [0.5, 0.6) is 0 Å². The fourth-order valence-corrected chi connectivity index (χ4v) is 5.49. The molecule has 2 aliphatic rings. The number of epoxide rings is 1. The van der Waals surface area contributed by atoms with Crippen molar-refractivity contribution in [1.29, 1.82) is 0 Å². The van der Waals surface area contributed by atoms with Gasteiger partial charge in [0.05, 0.1) is 36.4 Å². The van der Waals surface area contributed by atoms with Gasteiger partial charge in [-0.3, -0.25) is 28.9 Å². The number of hydrogen-bond donors (Lipinski definition) is 4. The van der Waals surface area contributed by atoms with Crippen LogP contribution >= 0.6 is 0 Å². The summed E-state index contributed by atoms with van der Waals surface area (Å²) in [6.07, 6.45) is -3.80. The molecule has 2 aromatic rings. The number of ether oxygens (including phenoxy) is 2. The zero-order valence-electron chi connectivity index (χ0n) is 45.9. The van der Waals surface area contributed by atoms with E-state index in [4.69, 9.17) is 31.4 Å². The Labute approximate surface area is 332 Å². The topological polar surface area (TPSA) is 158 Å². The Bertz CT molecular complexity index is 2110. The van der Waals surface area contributed by atoms with Crippen molar-refractivity contribution in [3.63, 3.8) is 0 Å². The molecule has 5 atom stereocenters. The Morgan fingerprint density at radius 3 is 1.96 bits per heavy atom. The van der Waals surface area contributed by atoms with Crippen LogP contribution in [0.4, 0.5) is 0 Å². The summed E-state index contributed by atoms with van der Waals surface area (Å²) in [6, 6.07) is 6.83. The zero-order valence-corrected chi connectivity index (χ0v) is 28.9. The third-order valence-electron chi connectivity index (χ3n) is 8.39. The molecule has 2 heterocycles. The molecule has 4 N–H and O–H groups in total. The molecule has 284 valence electrons. The number of rotatable bonds is 20. The smallest absolute Gasteiger partial charge is 0.243 e. The maximum Gasteiger partial charge on any atom is 0.243 e. The number of aryl methyl sites for hydroxylation is 1. The summed E-state index contributed by atoms with van der Waals surface area (Å²) in [6.45, 7) is -15.5. The minimum Gasteiger partial charge on any atom is -0.379 e. The second kappa shape index (κ2) is 19.6. The molecule has 0 spiro atoms. The van der Waals surface area contributed by atoms with Crippen LogP contribution < -0.4 is 21.3 Å². The van der Waals surface area contributed by atoms with Crippen LogP contribution in [0, 0.1) is 11.8 Å². The van der Waals surface area contributed by atoms with Gasteiger partial charge in [0, 0.05) is 38.7 Å². The van der Waals surface area contributed by atoms with Gasteiger partial charge in [-0.1, -0.05) is 88.1 Å². The molecule has 2 aliphatic heterocycles. The van der Waals surface area contributed by atoms with E-state index in [0.717, 1.165) is 12.5 Å². The van der Waals surface area contributed by atoms with Gasteiger partial charge in [0.1, 0.15) is 23.7 Å². The first-order valence-electron chi connectivity index (χ1n) is 25.4. The average molecular weight is 737 g/mol. The largest absolute Gasteiger partial charge is 0.379 e. The van der Waals surface area contributed by atoms with Crippen molar-refractivity contribution in [2.75, 3.05) is 39.4 Å². The molecule has 12 nitrogen and oxygen atoms in total. The monoisotopic (exact) mass is 737 g/mol. The van der Waals surface area contributed by atoms with Gasteiger partial charge in [-0.25, -0.2) is 0 Å². The van der Waals surface area contributed by atoms with Gasteiger partial charge < -0.3 is 30.7 Å². The van der Waals surface area contributed by atoms with E-state index < -0.39 is 124 Å². The SMILES string of the molecule is [2H]C([2H])([2H])C([2H])(C[C@H](NC(=O)[C@H](CCc1ccccc1)NC(=O)CN1CCOCC1)C(=O)N[C@@H](Cc1ccccc1)C(=O)N[C@]([2H])(CC([2H])(C([2H])([2H])[2H])C([2H])([2H])[2H])C(=O)[C@]1(C)OC1([2H])[2H])C([2H])([2H])[2H]. The van der Waals surface area contributed by atoms with Gasteiger partial charge >= 0.3 is 0 Å². The quantitative estimate of drug-likeness (QED) is 0.151. The molecule has 0 aliphatic carbocycles. The highest BCUT2D eigenvalue weighted by molar-refractivity contribution is 5.98. The zero-order chi connectivity index (χ0) is 52.2. The number of carbonyl (C=O) groups is 5. The second-order valence-corrected chi connectivity index (χ2v) is 12.7. The molecule has 2 aromatic carbocycles. The lowest BCUT2D eigenvalue weighted by Crippen LogP contribution is -2.59. The lowest BCUT2D eigenvalue weighted by Gasteiger charge is -2.29. The molecule has 4 rings (SSSR count). The summed E-state index contributed by atoms with van der Waals surface area (Å²) in [5.74, 6) is -13.7. The first-order chi connectivity index (χ1) is 31.5. The van der Waals surface area contributed by atoms with Crippen LogP contribution in [0.1, 0.15) is 88.0 Å². The van der Waals surface area contributed by atoms with E-state index >= 15 is 0 Å². The fourth-order valence-electron chi connectivity index (χ4n) is 5.49. The molecule has 0 radical (unpaired) electrons. The van der Waals surface area contributed by atoms with Crippen LogP contribution in [-0.4, -0.2) is 103 Å². The summed E-state index contributed by atoms with van der Waals surface area (Å²) in [7, 11) is 0. The van der Waals surface area contributed by atoms with Crippen molar-refractivity contribution < 1.29 is 56.7 Å². The van der Waals surface area contributed by atoms with Crippen molar-refractivity contribution >= 4 is 29.4 Å². The van der Waals surface area contributed by atoms with Crippen molar-refractivity contribution in [1.82, 2.24) is 26.2 Å². The summed E-state index contributed by atoms with van der Waals surface area (Å²) < 4.78 is 149. The number of hydrogen-bond acceptors (Lipinski definition) is 8. The molecule has 0 bridgehead atoms. The Morgan fingerprint density at radius 2 is 1.35 bits per heavy atom. The van der Waals surface area contributed by atoms with Crippen LogP contribution in [0.15, 0.2) is 60.7 Å². The molecule has 2 fully saturated rings. The average Bonchev–Trinajstić information content (AvgIpc) is 3.77. The van der Waals surface area contributed by atoms with E-state index in [-0.39, 0.29) is 24.9 Å². The first kappa shape index (κ1) is 22.8. The van der Waals surface area contributed by atoms with Crippen LogP contribution in [0.3, 0.4) is 0 Å². The molecule has 4 amide bonds. The lowest BCUT2D eigenvalue weighted by atomic mass is 9.93. The van der Waals surface area contributed by atoms with Gasteiger partial charge in [0.25, 0.3) is 0 Å². The summed E-state index contributed by atoms with van der Waals surface area (Å²) in [5.41, 5.74) is -1.62. The van der Waals surface area contributed by atoms with E-state index in [9.17, 15) is 25.3 Å². The van der Waals surface area contributed by atoms with E-state index in [1.54, 1.807) is 41.3 Å². The molecular weight excluding hydrogens is 662 g/mol. The number of amides is 4. The van der Waals surface area contributed by atoms with Crippen molar-refractivity contribution in [3.8, 4) is 0 Å². The highest BCUT2D eigenvalue weighted by Crippen LogP contribution is 2.29. The molecule has 52 heavy (non-hydrogen) atoms. The van der Waals surface area contributed by atoms with Crippen LogP contribution in [0.2, 0.25) is 0 Å². The molecular formula is C40H57N5O7. The fraction of sp³-hybridized carbons (Fsp3) is 0.575. The first-order valence-corrected chi connectivity index (χ1v) is 16.9. The molecule has 0 aromatic heterocycles. The predicted molar refractivity (Wildman–Crippen MR) is 198 cm³/mol. The normalized spacial score (nSPS) is 27.4. The highest BCUT2D eigenvalue weighted by atomic mass is 16.6. The lowest BCUT2D eigenvalue weighted by molar-refractivity contribution is -0.135. The number of nitrogens with one attached hydrogen (secondary N) is 4. The van der Waals surface area contributed by atoms with Crippen molar-refractivity contribution in [3.05, 3.63) is 71.8 Å². The summed E-state index contributed by atoms with van der Waals surface area (Å²) in [4.78, 5) is 72.7. The third-order valence-corrected chi connectivity index (χ3v) is 8.39.